The van der Waals surface area contributed by atoms with Crippen molar-refractivity contribution in [2.45, 2.75) is 58.5 Å². The molecule has 2 saturated heterocycles. The van der Waals surface area contributed by atoms with Crippen LogP contribution < -0.4 is 10.6 Å². The van der Waals surface area contributed by atoms with Gasteiger partial charge >= 0.3 is 0 Å². The van der Waals surface area contributed by atoms with Crippen LogP contribution in [0.15, 0.2) is 12.1 Å². The van der Waals surface area contributed by atoms with Gasteiger partial charge in [-0.1, -0.05) is 24.4 Å². The summed E-state index contributed by atoms with van der Waals surface area (Å²) in [6, 6.07) is 4.07. The number of carbonyl (C=O) groups is 2. The maximum absolute atomic E-state index is 12.9. The normalized spacial score (nSPS) is 25.2. The standard InChI is InChI=1S/C24H35ClN4O2/c1-16-14-28(9-10-29(16)24(31)18-5-3-4-6-18)15-20-11-21(25)12-22(17(20)2)27-23(30)19-7-8-26-13-19/h11-12,16,18-19,26H,3-10,13-15H2,1-2H3,(H,27,30)/t16-,19-/m0/s1. The third-order valence-electron chi connectivity index (χ3n) is 7.26. The molecule has 1 aliphatic carbocycles. The van der Waals surface area contributed by atoms with E-state index in [1.165, 1.54) is 12.8 Å². The van der Waals surface area contributed by atoms with Crippen molar-refractivity contribution in [2.75, 3.05) is 38.0 Å². The predicted octanol–water partition coefficient (Wildman–Crippen LogP) is 3.42. The van der Waals surface area contributed by atoms with Gasteiger partial charge in [0.15, 0.2) is 0 Å². The van der Waals surface area contributed by atoms with Gasteiger partial charge in [0.05, 0.1) is 5.92 Å². The van der Waals surface area contributed by atoms with Crippen molar-refractivity contribution in [2.24, 2.45) is 11.8 Å². The van der Waals surface area contributed by atoms with Crippen molar-refractivity contribution in [3.05, 3.63) is 28.3 Å². The Morgan fingerprint density at radius 3 is 2.61 bits per heavy atom. The molecule has 2 amide bonds. The SMILES string of the molecule is Cc1c(CN2CCN(C(=O)C3CCCC3)[C@@H](C)C2)cc(Cl)cc1NC(=O)[C@H]1CCNC1. The van der Waals surface area contributed by atoms with Crippen LogP contribution in [0.3, 0.4) is 0 Å². The van der Waals surface area contributed by atoms with Crippen LogP contribution in [0.2, 0.25) is 5.02 Å². The zero-order valence-corrected chi connectivity index (χ0v) is 19.5. The number of hydrogen-bond donors (Lipinski definition) is 2. The second kappa shape index (κ2) is 9.88. The number of nitrogens with zero attached hydrogens (tertiary/aromatic N) is 2. The second-order valence-corrected chi connectivity index (χ2v) is 9.95. The van der Waals surface area contributed by atoms with Gasteiger partial charge in [-0.2, -0.15) is 0 Å². The van der Waals surface area contributed by atoms with Gasteiger partial charge in [0, 0.05) is 55.4 Å². The van der Waals surface area contributed by atoms with E-state index < -0.39 is 0 Å². The molecule has 4 rings (SSSR count). The Balaban J connectivity index is 1.39. The molecule has 0 spiro atoms. The lowest BCUT2D eigenvalue weighted by molar-refractivity contribution is -0.140. The number of amides is 2. The number of anilines is 1. The van der Waals surface area contributed by atoms with Gasteiger partial charge in [-0.15, -0.1) is 0 Å². The van der Waals surface area contributed by atoms with Crippen LogP contribution in [-0.4, -0.2) is 60.4 Å². The Hall–Kier alpha value is -1.63. The molecule has 2 heterocycles. The van der Waals surface area contributed by atoms with Gasteiger partial charge in [-0.25, -0.2) is 0 Å². The van der Waals surface area contributed by atoms with Gasteiger partial charge in [0.1, 0.15) is 0 Å². The Morgan fingerprint density at radius 1 is 1.16 bits per heavy atom. The first kappa shape index (κ1) is 22.6. The maximum atomic E-state index is 12.9. The topological polar surface area (TPSA) is 64.7 Å². The molecule has 3 fully saturated rings. The van der Waals surface area contributed by atoms with E-state index in [1.54, 1.807) is 0 Å². The minimum absolute atomic E-state index is 0.0214. The Labute approximate surface area is 190 Å². The molecule has 6 nitrogen and oxygen atoms in total. The fourth-order valence-corrected chi connectivity index (χ4v) is 5.54. The summed E-state index contributed by atoms with van der Waals surface area (Å²) >= 11 is 6.41. The van der Waals surface area contributed by atoms with E-state index in [-0.39, 0.29) is 23.8 Å². The smallest absolute Gasteiger partial charge is 0.228 e. The molecule has 2 aliphatic heterocycles. The molecule has 170 valence electrons. The summed E-state index contributed by atoms with van der Waals surface area (Å²) in [6.07, 6.45) is 5.36. The fourth-order valence-electron chi connectivity index (χ4n) is 5.30. The monoisotopic (exact) mass is 446 g/mol. The van der Waals surface area contributed by atoms with Crippen LogP contribution in [-0.2, 0) is 16.1 Å². The molecule has 31 heavy (non-hydrogen) atoms. The highest BCUT2D eigenvalue weighted by Crippen LogP contribution is 2.30. The summed E-state index contributed by atoms with van der Waals surface area (Å²) in [5.74, 6) is 0.683. The summed E-state index contributed by atoms with van der Waals surface area (Å²) in [6.45, 7) is 9.13. The first-order chi connectivity index (χ1) is 14.9. The lowest BCUT2D eigenvalue weighted by atomic mass is 10.0. The van der Waals surface area contributed by atoms with Crippen LogP contribution in [0.5, 0.6) is 0 Å². The highest BCUT2D eigenvalue weighted by Gasteiger charge is 2.33. The molecule has 2 N–H and O–H groups in total. The number of hydrogen-bond acceptors (Lipinski definition) is 4. The number of halogens is 1. The van der Waals surface area contributed by atoms with Crippen molar-refractivity contribution in [3.8, 4) is 0 Å². The number of nitrogens with one attached hydrogen (secondary N) is 2. The third-order valence-corrected chi connectivity index (χ3v) is 7.48. The summed E-state index contributed by atoms with van der Waals surface area (Å²) < 4.78 is 0. The molecule has 0 bridgehead atoms. The summed E-state index contributed by atoms with van der Waals surface area (Å²) in [5, 5.41) is 6.98. The van der Waals surface area contributed by atoms with Crippen molar-refractivity contribution in [1.29, 1.82) is 0 Å². The second-order valence-electron chi connectivity index (χ2n) is 9.51. The summed E-state index contributed by atoms with van der Waals surface area (Å²) in [4.78, 5) is 30.0. The average molecular weight is 447 g/mol. The minimum atomic E-state index is 0.0214. The zero-order valence-electron chi connectivity index (χ0n) is 18.8. The van der Waals surface area contributed by atoms with E-state index in [1.807, 2.05) is 12.1 Å². The lowest BCUT2D eigenvalue weighted by Gasteiger charge is -2.41. The Kier molecular flexibility index (Phi) is 7.19. The molecular weight excluding hydrogens is 412 g/mol. The van der Waals surface area contributed by atoms with Gasteiger partial charge in [-0.3, -0.25) is 14.5 Å². The average Bonchev–Trinajstić information content (AvgIpc) is 3.45. The van der Waals surface area contributed by atoms with E-state index in [2.05, 4.69) is 34.3 Å². The fraction of sp³-hybridized carbons (Fsp3) is 0.667. The molecule has 1 saturated carbocycles. The maximum Gasteiger partial charge on any atom is 0.228 e. The highest BCUT2D eigenvalue weighted by atomic mass is 35.5. The highest BCUT2D eigenvalue weighted by molar-refractivity contribution is 6.31. The van der Waals surface area contributed by atoms with Crippen LogP contribution >= 0.6 is 11.6 Å². The number of rotatable bonds is 5. The molecule has 0 radical (unpaired) electrons. The summed E-state index contributed by atoms with van der Waals surface area (Å²) in [7, 11) is 0. The van der Waals surface area contributed by atoms with Crippen LogP contribution in [0, 0.1) is 18.8 Å². The number of carbonyl (C=O) groups excluding carboxylic acids is 2. The van der Waals surface area contributed by atoms with Gasteiger partial charge in [0.2, 0.25) is 11.8 Å². The molecule has 1 aromatic rings. The predicted molar refractivity (Wildman–Crippen MR) is 124 cm³/mol. The van der Waals surface area contributed by atoms with Gasteiger partial charge < -0.3 is 15.5 Å². The quantitative estimate of drug-likeness (QED) is 0.727. The molecule has 2 atom stereocenters. The van der Waals surface area contributed by atoms with E-state index >= 15 is 0 Å². The third kappa shape index (κ3) is 5.24. The Bertz CT molecular complexity index is 818. The van der Waals surface area contributed by atoms with Gasteiger partial charge in [0.25, 0.3) is 0 Å². The van der Waals surface area contributed by atoms with Crippen LogP contribution in [0.25, 0.3) is 0 Å². The van der Waals surface area contributed by atoms with E-state index in [0.29, 0.717) is 10.9 Å². The van der Waals surface area contributed by atoms with Crippen LogP contribution in [0.1, 0.15) is 50.2 Å². The molecule has 0 unspecified atom stereocenters. The van der Waals surface area contributed by atoms with E-state index in [9.17, 15) is 9.59 Å². The van der Waals surface area contributed by atoms with Gasteiger partial charge in [-0.05, 0) is 62.9 Å². The van der Waals surface area contributed by atoms with Crippen molar-refractivity contribution < 1.29 is 9.59 Å². The largest absolute Gasteiger partial charge is 0.337 e. The molecule has 1 aromatic carbocycles. The zero-order chi connectivity index (χ0) is 22.0. The molecule has 7 heteroatoms. The first-order valence-electron chi connectivity index (χ1n) is 11.8. The van der Waals surface area contributed by atoms with Crippen molar-refractivity contribution >= 4 is 29.1 Å². The van der Waals surface area contributed by atoms with Crippen molar-refractivity contribution in [1.82, 2.24) is 15.1 Å². The molecule has 3 aliphatic rings. The lowest BCUT2D eigenvalue weighted by Crippen LogP contribution is -2.54. The number of benzene rings is 1. The number of piperazine rings is 1. The first-order valence-corrected chi connectivity index (χ1v) is 12.1. The van der Waals surface area contributed by atoms with E-state index in [0.717, 1.165) is 75.3 Å². The van der Waals surface area contributed by atoms with Crippen molar-refractivity contribution in [3.63, 3.8) is 0 Å². The minimum Gasteiger partial charge on any atom is -0.337 e. The Morgan fingerprint density at radius 2 is 1.94 bits per heavy atom. The summed E-state index contributed by atoms with van der Waals surface area (Å²) in [5.41, 5.74) is 3.01. The molecular formula is C24H35ClN4O2. The van der Waals surface area contributed by atoms with E-state index in [4.69, 9.17) is 11.6 Å². The molecule has 0 aromatic heterocycles. The van der Waals surface area contributed by atoms with Crippen LogP contribution in [0.4, 0.5) is 5.69 Å².